The van der Waals surface area contributed by atoms with Crippen LogP contribution in [0.2, 0.25) is 0 Å². The molecule has 0 saturated carbocycles. The van der Waals surface area contributed by atoms with E-state index in [-0.39, 0.29) is 13.2 Å². The molecule has 0 unspecified atom stereocenters. The highest BCUT2D eigenvalue weighted by atomic mass is 16.5. The number of hydrogen-bond donors (Lipinski definition) is 3. The number of nitrogens with zero attached hydrogens (tertiary/aromatic N) is 1. The van der Waals surface area contributed by atoms with Crippen LogP contribution in [0.25, 0.3) is 0 Å². The summed E-state index contributed by atoms with van der Waals surface area (Å²) in [6.45, 7) is 1.91. The van der Waals surface area contributed by atoms with Crippen LogP contribution < -0.4 is 20.9 Å². The Bertz CT molecular complexity index is 396. The van der Waals surface area contributed by atoms with Gasteiger partial charge in [0.25, 0.3) is 0 Å². The third-order valence-corrected chi connectivity index (χ3v) is 2.20. The lowest BCUT2D eigenvalue weighted by Crippen LogP contribution is -2.45. The van der Waals surface area contributed by atoms with Gasteiger partial charge in [-0.05, 0) is 24.6 Å². The molecule has 0 radical (unpaired) electrons. The summed E-state index contributed by atoms with van der Waals surface area (Å²) in [5.74, 6) is 6.20. The molecule has 0 heterocycles. The van der Waals surface area contributed by atoms with E-state index in [1.54, 1.807) is 12.1 Å². The highest BCUT2D eigenvalue weighted by Gasteiger charge is 2.15. The zero-order chi connectivity index (χ0) is 12.8. The fourth-order valence-electron chi connectivity index (χ4n) is 1.35. The number of ether oxygens (including phenoxy) is 1. The zero-order valence-electron chi connectivity index (χ0n) is 9.93. The van der Waals surface area contributed by atoms with Crippen LogP contribution >= 0.6 is 0 Å². The van der Waals surface area contributed by atoms with E-state index in [1.807, 2.05) is 13.0 Å². The number of aliphatic hydroxyl groups excluding tert-OH is 1. The molecule has 0 spiro atoms. The number of anilines is 1. The van der Waals surface area contributed by atoms with Crippen LogP contribution in [0.3, 0.4) is 0 Å². The van der Waals surface area contributed by atoms with Crippen LogP contribution in [0.1, 0.15) is 5.56 Å². The number of hydrazine groups is 1. The number of methoxy groups -OCH3 is 1. The molecule has 6 nitrogen and oxygen atoms in total. The predicted molar refractivity (Wildman–Crippen MR) is 64.9 cm³/mol. The fraction of sp³-hybridized carbons (Fsp3) is 0.364. The first-order chi connectivity index (χ1) is 8.10. The highest BCUT2D eigenvalue weighted by Crippen LogP contribution is 2.27. The number of rotatable bonds is 4. The van der Waals surface area contributed by atoms with Gasteiger partial charge in [0.1, 0.15) is 11.4 Å². The minimum atomic E-state index is -0.497. The van der Waals surface area contributed by atoms with E-state index in [0.717, 1.165) is 10.6 Å². The van der Waals surface area contributed by atoms with Gasteiger partial charge in [-0.2, -0.15) is 0 Å². The Kier molecular flexibility index (Phi) is 4.74. The summed E-state index contributed by atoms with van der Waals surface area (Å²) in [4.78, 5) is 11.6. The molecule has 0 aliphatic rings. The van der Waals surface area contributed by atoms with E-state index in [2.05, 4.69) is 5.32 Å². The number of nitrogens with two attached hydrogens (primary N) is 1. The molecule has 1 aromatic carbocycles. The number of urea groups is 1. The number of aryl methyl sites for hydroxylation is 1. The maximum Gasteiger partial charge on any atom is 0.336 e. The van der Waals surface area contributed by atoms with E-state index in [0.29, 0.717) is 11.4 Å². The number of nitrogens with one attached hydrogen (secondary N) is 1. The smallest absolute Gasteiger partial charge is 0.336 e. The molecule has 17 heavy (non-hydrogen) atoms. The first-order valence-electron chi connectivity index (χ1n) is 5.18. The number of hydrogen-bond acceptors (Lipinski definition) is 4. The van der Waals surface area contributed by atoms with E-state index < -0.39 is 6.03 Å². The maximum absolute atomic E-state index is 11.6. The van der Waals surface area contributed by atoms with Crippen molar-refractivity contribution in [3.8, 4) is 5.75 Å². The first kappa shape index (κ1) is 13.3. The molecule has 0 aliphatic heterocycles. The third-order valence-electron chi connectivity index (χ3n) is 2.20. The summed E-state index contributed by atoms with van der Waals surface area (Å²) in [7, 11) is 1.51. The third kappa shape index (κ3) is 3.33. The van der Waals surface area contributed by atoms with Crippen molar-refractivity contribution < 1.29 is 14.6 Å². The normalized spacial score (nSPS) is 9.88. The molecule has 4 N–H and O–H groups in total. The van der Waals surface area contributed by atoms with Gasteiger partial charge in [0.05, 0.1) is 13.7 Å². The molecule has 0 aliphatic carbocycles. The second-order valence-corrected chi connectivity index (χ2v) is 3.50. The van der Waals surface area contributed by atoms with E-state index in [9.17, 15) is 4.79 Å². The van der Waals surface area contributed by atoms with E-state index >= 15 is 0 Å². The Morgan fingerprint density at radius 3 is 2.88 bits per heavy atom. The van der Waals surface area contributed by atoms with Gasteiger partial charge >= 0.3 is 6.03 Å². The van der Waals surface area contributed by atoms with Crippen LogP contribution in [-0.2, 0) is 0 Å². The van der Waals surface area contributed by atoms with Crippen molar-refractivity contribution in [3.63, 3.8) is 0 Å². The molecule has 1 aromatic rings. The van der Waals surface area contributed by atoms with Crippen molar-refractivity contribution in [3.05, 3.63) is 23.8 Å². The van der Waals surface area contributed by atoms with Gasteiger partial charge in [-0.15, -0.1) is 0 Å². The monoisotopic (exact) mass is 239 g/mol. The van der Waals surface area contributed by atoms with Crippen molar-refractivity contribution in [2.45, 2.75) is 6.92 Å². The molecule has 0 atom stereocenters. The summed E-state index contributed by atoms with van der Waals surface area (Å²) in [6.07, 6.45) is 0. The topological polar surface area (TPSA) is 87.8 Å². The van der Waals surface area contributed by atoms with Crippen molar-refractivity contribution in [1.82, 2.24) is 5.32 Å². The lowest BCUT2D eigenvalue weighted by atomic mass is 10.2. The summed E-state index contributed by atoms with van der Waals surface area (Å²) < 4.78 is 5.13. The van der Waals surface area contributed by atoms with Crippen molar-refractivity contribution >= 4 is 11.7 Å². The quantitative estimate of drug-likeness (QED) is 0.403. The number of benzene rings is 1. The number of aliphatic hydroxyl groups is 1. The van der Waals surface area contributed by atoms with Crippen molar-refractivity contribution in [2.75, 3.05) is 25.3 Å². The largest absolute Gasteiger partial charge is 0.495 e. The summed E-state index contributed by atoms with van der Waals surface area (Å²) in [5.41, 5.74) is 1.44. The molecule has 0 fully saturated rings. The van der Waals surface area contributed by atoms with Gasteiger partial charge in [-0.25, -0.2) is 15.6 Å². The molecular weight excluding hydrogens is 222 g/mol. The van der Waals surface area contributed by atoms with Gasteiger partial charge in [-0.1, -0.05) is 6.07 Å². The second kappa shape index (κ2) is 6.07. The Morgan fingerprint density at radius 1 is 1.59 bits per heavy atom. The Hall–Kier alpha value is -1.79. The highest BCUT2D eigenvalue weighted by molar-refractivity contribution is 5.92. The minimum absolute atomic E-state index is 0.134. The van der Waals surface area contributed by atoms with Crippen molar-refractivity contribution in [2.24, 2.45) is 5.84 Å². The summed E-state index contributed by atoms with van der Waals surface area (Å²) >= 11 is 0. The first-order valence-corrected chi connectivity index (χ1v) is 5.18. The second-order valence-electron chi connectivity index (χ2n) is 3.50. The Labute approximate surface area is 99.9 Å². The molecule has 94 valence electrons. The van der Waals surface area contributed by atoms with Crippen molar-refractivity contribution in [1.29, 1.82) is 0 Å². The fourth-order valence-corrected chi connectivity index (χ4v) is 1.35. The van der Waals surface area contributed by atoms with Crippen LogP contribution in [0.15, 0.2) is 18.2 Å². The SMILES string of the molecule is COc1ccc(C)cc1N(N)C(=O)NCCO. The standard InChI is InChI=1S/C11H17N3O3/c1-8-3-4-10(17-2)9(7-8)14(12)11(16)13-5-6-15/h3-4,7,15H,5-6,12H2,1-2H3,(H,13,16). The number of amides is 2. The summed E-state index contributed by atoms with van der Waals surface area (Å²) in [6, 6.07) is 4.85. The van der Waals surface area contributed by atoms with Gasteiger partial charge in [0.15, 0.2) is 0 Å². The molecular formula is C11H17N3O3. The molecule has 6 heteroatoms. The molecule has 0 saturated heterocycles. The Balaban J connectivity index is 2.90. The van der Waals surface area contributed by atoms with E-state index in [4.69, 9.17) is 15.7 Å². The predicted octanol–water partition coefficient (Wildman–Crippen LogP) is 0.386. The van der Waals surface area contributed by atoms with Gasteiger partial charge in [0, 0.05) is 6.54 Å². The number of carbonyl (C=O) groups excluding carboxylic acids is 1. The molecule has 0 aromatic heterocycles. The molecule has 0 bridgehead atoms. The zero-order valence-corrected chi connectivity index (χ0v) is 9.93. The number of carbonyl (C=O) groups is 1. The van der Waals surface area contributed by atoms with Crippen LogP contribution in [0.4, 0.5) is 10.5 Å². The van der Waals surface area contributed by atoms with Crippen LogP contribution in [0, 0.1) is 6.92 Å². The minimum Gasteiger partial charge on any atom is -0.495 e. The lowest BCUT2D eigenvalue weighted by molar-refractivity contribution is 0.239. The van der Waals surface area contributed by atoms with E-state index in [1.165, 1.54) is 7.11 Å². The van der Waals surface area contributed by atoms with Gasteiger partial charge in [0.2, 0.25) is 0 Å². The summed E-state index contributed by atoms with van der Waals surface area (Å²) in [5, 5.41) is 12.0. The van der Waals surface area contributed by atoms with Gasteiger partial charge < -0.3 is 15.2 Å². The molecule has 2 amide bonds. The van der Waals surface area contributed by atoms with Gasteiger partial charge in [-0.3, -0.25) is 0 Å². The van der Waals surface area contributed by atoms with Crippen LogP contribution in [0.5, 0.6) is 5.75 Å². The average Bonchev–Trinajstić information content (AvgIpc) is 2.34. The Morgan fingerprint density at radius 2 is 2.29 bits per heavy atom. The molecule has 1 rings (SSSR count). The average molecular weight is 239 g/mol. The lowest BCUT2D eigenvalue weighted by Gasteiger charge is -2.20. The van der Waals surface area contributed by atoms with Crippen LogP contribution in [-0.4, -0.2) is 31.4 Å². The maximum atomic E-state index is 11.6.